The summed E-state index contributed by atoms with van der Waals surface area (Å²) < 4.78 is 24.0. The lowest BCUT2D eigenvalue weighted by Crippen LogP contribution is -2.38. The first-order valence-electron chi connectivity index (χ1n) is 9.35. The van der Waals surface area contributed by atoms with Gasteiger partial charge in [0.15, 0.2) is 17.5 Å². The van der Waals surface area contributed by atoms with Crippen LogP contribution in [0, 0.1) is 5.82 Å². The Morgan fingerprint density at radius 2 is 1.87 bits per heavy atom. The zero-order valence-electron chi connectivity index (χ0n) is 17.3. The Morgan fingerprint density at radius 1 is 1.10 bits per heavy atom. The first-order valence-corrected chi connectivity index (χ1v) is 9.35. The number of carbonyl (C=O) groups excluding carboxylic acids is 1. The average molecular weight is 530 g/mol. The predicted molar refractivity (Wildman–Crippen MR) is 128 cm³/mol. The summed E-state index contributed by atoms with van der Waals surface area (Å²) in [5.74, 6) is 1.33. The molecule has 7 nitrogen and oxygen atoms in total. The molecule has 9 heteroatoms. The van der Waals surface area contributed by atoms with E-state index in [1.54, 1.807) is 26.3 Å². The Bertz CT molecular complexity index is 849. The van der Waals surface area contributed by atoms with Gasteiger partial charge in [-0.05, 0) is 36.8 Å². The highest BCUT2D eigenvalue weighted by Gasteiger charge is 2.07. The van der Waals surface area contributed by atoms with Crippen molar-refractivity contribution in [2.45, 2.75) is 13.3 Å². The molecule has 0 spiro atoms. The SMILES string of the molecule is CCOc1ccc(NC(=NC)NCCNC(=O)Cc2cccc(F)c2)cc1OC.I. The molecule has 0 aliphatic carbocycles. The van der Waals surface area contributed by atoms with Gasteiger partial charge in [0.2, 0.25) is 5.91 Å². The minimum Gasteiger partial charge on any atom is -0.493 e. The molecular weight excluding hydrogens is 502 g/mol. The maximum Gasteiger partial charge on any atom is 0.224 e. The van der Waals surface area contributed by atoms with Gasteiger partial charge in [-0.1, -0.05) is 12.1 Å². The molecule has 3 N–H and O–H groups in total. The normalized spacial score (nSPS) is 10.6. The first-order chi connectivity index (χ1) is 14.0. The second-order valence-electron chi connectivity index (χ2n) is 6.08. The van der Waals surface area contributed by atoms with Gasteiger partial charge in [0.05, 0.1) is 20.1 Å². The quantitative estimate of drug-likeness (QED) is 0.201. The van der Waals surface area contributed by atoms with E-state index in [4.69, 9.17) is 9.47 Å². The Kier molecular flexibility index (Phi) is 11.6. The molecule has 30 heavy (non-hydrogen) atoms. The van der Waals surface area contributed by atoms with Gasteiger partial charge in [-0.2, -0.15) is 0 Å². The van der Waals surface area contributed by atoms with E-state index >= 15 is 0 Å². The van der Waals surface area contributed by atoms with E-state index in [1.165, 1.54) is 12.1 Å². The van der Waals surface area contributed by atoms with E-state index in [0.717, 1.165) is 5.69 Å². The molecule has 0 aliphatic heterocycles. The minimum absolute atomic E-state index is 0. The highest BCUT2D eigenvalue weighted by Crippen LogP contribution is 2.30. The summed E-state index contributed by atoms with van der Waals surface area (Å²) in [5, 5.41) is 9.06. The molecule has 0 aliphatic rings. The fraction of sp³-hybridized carbons (Fsp3) is 0.333. The van der Waals surface area contributed by atoms with Crippen molar-refractivity contribution in [1.82, 2.24) is 10.6 Å². The summed E-state index contributed by atoms with van der Waals surface area (Å²) in [6.45, 7) is 3.34. The monoisotopic (exact) mass is 530 g/mol. The topological polar surface area (TPSA) is 84.0 Å². The highest BCUT2D eigenvalue weighted by atomic mass is 127. The summed E-state index contributed by atoms with van der Waals surface area (Å²) in [4.78, 5) is 16.1. The number of ether oxygens (including phenoxy) is 2. The van der Waals surface area contributed by atoms with Crippen molar-refractivity contribution in [3.63, 3.8) is 0 Å². The van der Waals surface area contributed by atoms with Gasteiger partial charge in [0.1, 0.15) is 5.82 Å². The van der Waals surface area contributed by atoms with Crippen LogP contribution in [0.25, 0.3) is 0 Å². The van der Waals surface area contributed by atoms with Gasteiger partial charge in [-0.15, -0.1) is 24.0 Å². The van der Waals surface area contributed by atoms with Crippen LogP contribution in [0.4, 0.5) is 10.1 Å². The van der Waals surface area contributed by atoms with Crippen molar-refractivity contribution < 1.29 is 18.7 Å². The molecule has 0 atom stereocenters. The van der Waals surface area contributed by atoms with Crippen LogP contribution in [-0.2, 0) is 11.2 Å². The van der Waals surface area contributed by atoms with Crippen LogP contribution in [-0.4, -0.2) is 45.7 Å². The Labute approximate surface area is 193 Å². The van der Waals surface area contributed by atoms with Crippen LogP contribution >= 0.6 is 24.0 Å². The molecule has 0 bridgehead atoms. The standard InChI is InChI=1S/C21H27FN4O3.HI/c1-4-29-18-9-8-17(14-19(18)28-3)26-21(23-2)25-11-10-24-20(27)13-15-6-5-7-16(22)12-15;/h5-9,12,14H,4,10-11,13H2,1-3H3,(H,24,27)(H2,23,25,26);1H. The van der Waals surface area contributed by atoms with Gasteiger partial charge in [0, 0.05) is 31.9 Å². The van der Waals surface area contributed by atoms with Crippen LogP contribution in [0.5, 0.6) is 11.5 Å². The molecule has 0 radical (unpaired) electrons. The lowest BCUT2D eigenvalue weighted by molar-refractivity contribution is -0.120. The molecule has 1 amide bonds. The molecule has 2 aromatic rings. The van der Waals surface area contributed by atoms with E-state index in [0.29, 0.717) is 42.7 Å². The van der Waals surface area contributed by atoms with Crippen molar-refractivity contribution in [2.75, 3.05) is 39.2 Å². The summed E-state index contributed by atoms with van der Waals surface area (Å²) in [7, 11) is 3.24. The van der Waals surface area contributed by atoms with E-state index in [-0.39, 0.29) is 42.1 Å². The molecule has 164 valence electrons. The second-order valence-corrected chi connectivity index (χ2v) is 6.08. The van der Waals surface area contributed by atoms with Crippen LogP contribution in [0.1, 0.15) is 12.5 Å². The number of carbonyl (C=O) groups is 1. The lowest BCUT2D eigenvalue weighted by Gasteiger charge is -2.15. The molecule has 0 saturated heterocycles. The first kappa shape index (κ1) is 25.5. The third kappa shape index (κ3) is 8.44. The molecule has 2 rings (SSSR count). The third-order valence-corrected chi connectivity index (χ3v) is 3.94. The third-order valence-electron chi connectivity index (χ3n) is 3.94. The van der Waals surface area contributed by atoms with Crippen LogP contribution in [0.3, 0.4) is 0 Å². The number of hydrogen-bond acceptors (Lipinski definition) is 4. The minimum atomic E-state index is -0.349. The van der Waals surface area contributed by atoms with Crippen molar-refractivity contribution in [2.24, 2.45) is 4.99 Å². The molecule has 0 aromatic heterocycles. The van der Waals surface area contributed by atoms with Crippen molar-refractivity contribution >= 4 is 41.5 Å². The number of benzene rings is 2. The Balaban J connectivity index is 0.00000450. The largest absolute Gasteiger partial charge is 0.493 e. The maximum absolute atomic E-state index is 13.2. The van der Waals surface area contributed by atoms with Crippen molar-refractivity contribution in [3.05, 3.63) is 53.8 Å². The lowest BCUT2D eigenvalue weighted by atomic mass is 10.1. The van der Waals surface area contributed by atoms with Crippen LogP contribution in [0.15, 0.2) is 47.5 Å². The number of amides is 1. The highest BCUT2D eigenvalue weighted by molar-refractivity contribution is 14.0. The average Bonchev–Trinajstić information content (AvgIpc) is 2.71. The summed E-state index contributed by atoms with van der Waals surface area (Å²) in [5.41, 5.74) is 1.42. The summed E-state index contributed by atoms with van der Waals surface area (Å²) >= 11 is 0. The number of rotatable bonds is 9. The van der Waals surface area contributed by atoms with Gasteiger partial charge >= 0.3 is 0 Å². The Morgan fingerprint density at radius 3 is 2.53 bits per heavy atom. The fourth-order valence-corrected chi connectivity index (χ4v) is 2.61. The molecular formula is C21H28FIN4O3. The molecule has 0 unspecified atom stereocenters. The number of methoxy groups -OCH3 is 1. The fourth-order valence-electron chi connectivity index (χ4n) is 2.61. The predicted octanol–water partition coefficient (Wildman–Crippen LogP) is 3.20. The van der Waals surface area contributed by atoms with Gasteiger partial charge in [-0.25, -0.2) is 4.39 Å². The van der Waals surface area contributed by atoms with E-state index in [9.17, 15) is 9.18 Å². The van der Waals surface area contributed by atoms with E-state index in [1.807, 2.05) is 25.1 Å². The number of guanidine groups is 1. The Hall–Kier alpha value is -2.56. The molecule has 0 fully saturated rings. The number of aliphatic imine (C=N–C) groups is 1. The number of halogens is 2. The van der Waals surface area contributed by atoms with Crippen LogP contribution in [0.2, 0.25) is 0 Å². The maximum atomic E-state index is 13.2. The van der Waals surface area contributed by atoms with E-state index in [2.05, 4.69) is 20.9 Å². The summed E-state index contributed by atoms with van der Waals surface area (Å²) in [6.07, 6.45) is 0.136. The van der Waals surface area contributed by atoms with Gasteiger partial charge in [-0.3, -0.25) is 9.79 Å². The zero-order chi connectivity index (χ0) is 21.1. The van der Waals surface area contributed by atoms with Crippen molar-refractivity contribution in [1.29, 1.82) is 0 Å². The second kappa shape index (κ2) is 13.6. The summed E-state index contributed by atoms with van der Waals surface area (Å²) in [6, 6.07) is 11.5. The molecule has 2 aromatic carbocycles. The number of hydrogen-bond donors (Lipinski definition) is 3. The van der Waals surface area contributed by atoms with Crippen molar-refractivity contribution in [3.8, 4) is 11.5 Å². The zero-order valence-corrected chi connectivity index (χ0v) is 19.7. The molecule has 0 heterocycles. The number of nitrogens with zero attached hydrogens (tertiary/aromatic N) is 1. The number of anilines is 1. The van der Waals surface area contributed by atoms with E-state index < -0.39 is 0 Å². The smallest absolute Gasteiger partial charge is 0.224 e. The van der Waals surface area contributed by atoms with Crippen LogP contribution < -0.4 is 25.4 Å². The molecule has 0 saturated carbocycles. The number of nitrogens with one attached hydrogen (secondary N) is 3. The van der Waals surface area contributed by atoms with Gasteiger partial charge < -0.3 is 25.4 Å². The van der Waals surface area contributed by atoms with Gasteiger partial charge in [0.25, 0.3) is 0 Å².